The van der Waals surface area contributed by atoms with Gasteiger partial charge >= 0.3 is 0 Å². The first-order chi connectivity index (χ1) is 11.4. The number of carbonyl (C=O) groups excluding carboxylic acids is 1. The van der Waals surface area contributed by atoms with Crippen LogP contribution in [-0.2, 0) is 11.3 Å². The van der Waals surface area contributed by atoms with Gasteiger partial charge in [-0.3, -0.25) is 9.69 Å². The summed E-state index contributed by atoms with van der Waals surface area (Å²) in [7, 11) is 3.48. The van der Waals surface area contributed by atoms with E-state index in [0.717, 1.165) is 11.3 Å². The van der Waals surface area contributed by atoms with Gasteiger partial charge in [-0.15, -0.1) is 0 Å². The molecule has 1 amide bonds. The molecule has 1 unspecified atom stereocenters. The lowest BCUT2D eigenvalue weighted by molar-refractivity contribution is -0.120. The predicted octanol–water partition coefficient (Wildman–Crippen LogP) is 3.95. The molecule has 0 aliphatic rings. The van der Waals surface area contributed by atoms with Crippen molar-refractivity contribution in [1.29, 1.82) is 0 Å². The molecule has 6 heteroatoms. The number of halogens is 2. The van der Waals surface area contributed by atoms with Gasteiger partial charge in [-0.05, 0) is 49.9 Å². The molecule has 0 spiro atoms. The molecular formula is C18H20ClFN2O2. The van der Waals surface area contributed by atoms with E-state index in [1.807, 2.05) is 36.2 Å². The van der Waals surface area contributed by atoms with E-state index >= 15 is 0 Å². The number of hydrogen-bond donors (Lipinski definition) is 1. The molecule has 0 aliphatic carbocycles. The number of likely N-dealkylation sites (N-methyl/N-ethyl adjacent to an activating group) is 1. The van der Waals surface area contributed by atoms with Crippen molar-refractivity contribution in [3.63, 3.8) is 0 Å². The minimum absolute atomic E-state index is 0.0230. The van der Waals surface area contributed by atoms with Crippen molar-refractivity contribution in [3.05, 3.63) is 58.9 Å². The topological polar surface area (TPSA) is 41.6 Å². The van der Waals surface area contributed by atoms with Gasteiger partial charge in [-0.25, -0.2) is 4.39 Å². The second-order valence-electron chi connectivity index (χ2n) is 5.56. The van der Waals surface area contributed by atoms with Crippen molar-refractivity contribution >= 4 is 23.2 Å². The van der Waals surface area contributed by atoms with Crippen LogP contribution < -0.4 is 10.1 Å². The molecule has 0 aromatic heterocycles. The number of benzene rings is 2. The third-order valence-electron chi connectivity index (χ3n) is 3.79. The Morgan fingerprint density at radius 3 is 2.75 bits per heavy atom. The molecule has 0 aliphatic heterocycles. The van der Waals surface area contributed by atoms with E-state index in [2.05, 4.69) is 5.32 Å². The average Bonchev–Trinajstić information content (AvgIpc) is 2.57. The Kier molecular flexibility index (Phi) is 6.17. The summed E-state index contributed by atoms with van der Waals surface area (Å²) < 4.78 is 18.4. The molecule has 0 radical (unpaired) electrons. The van der Waals surface area contributed by atoms with Crippen molar-refractivity contribution < 1.29 is 13.9 Å². The van der Waals surface area contributed by atoms with Crippen LogP contribution in [0.4, 0.5) is 10.1 Å². The number of methoxy groups -OCH3 is 1. The second kappa shape index (κ2) is 8.13. The minimum atomic E-state index is -0.516. The Bertz CT molecular complexity index is 724. The summed E-state index contributed by atoms with van der Waals surface area (Å²) in [6.07, 6.45) is 0. The highest BCUT2D eigenvalue weighted by Gasteiger charge is 2.18. The molecule has 1 atom stereocenters. The third-order valence-corrected chi connectivity index (χ3v) is 4.08. The molecule has 0 saturated carbocycles. The first-order valence-corrected chi connectivity index (χ1v) is 7.87. The number of amides is 1. The fourth-order valence-electron chi connectivity index (χ4n) is 2.22. The van der Waals surface area contributed by atoms with Gasteiger partial charge in [0.2, 0.25) is 5.91 Å². The zero-order chi connectivity index (χ0) is 17.7. The van der Waals surface area contributed by atoms with E-state index in [1.54, 1.807) is 14.0 Å². The number of anilines is 1. The Morgan fingerprint density at radius 1 is 1.33 bits per heavy atom. The van der Waals surface area contributed by atoms with Gasteiger partial charge in [0.05, 0.1) is 18.2 Å². The number of nitrogens with one attached hydrogen (secondary N) is 1. The Hall–Kier alpha value is -2.11. The lowest BCUT2D eigenvalue weighted by Crippen LogP contribution is -2.39. The quantitative estimate of drug-likeness (QED) is 0.857. The van der Waals surface area contributed by atoms with Gasteiger partial charge in [-0.1, -0.05) is 23.7 Å². The first kappa shape index (κ1) is 18.2. The number of hydrogen-bond acceptors (Lipinski definition) is 3. The summed E-state index contributed by atoms with van der Waals surface area (Å²) in [6, 6.07) is 11.4. The number of nitrogens with zero attached hydrogens (tertiary/aromatic N) is 1. The lowest BCUT2D eigenvalue weighted by Gasteiger charge is -2.24. The standard InChI is InChI=1S/C18H20ClFN2O2/c1-12(18(23)21-14-7-8-17(20)16(19)10-14)22(2)11-13-5-4-6-15(9-13)24-3/h4-10,12H,11H2,1-3H3,(H,21,23). The fourth-order valence-corrected chi connectivity index (χ4v) is 2.40. The van der Waals surface area contributed by atoms with Crippen LogP contribution in [0.2, 0.25) is 5.02 Å². The van der Waals surface area contributed by atoms with Crippen molar-refractivity contribution in [2.45, 2.75) is 19.5 Å². The Morgan fingerprint density at radius 2 is 2.08 bits per heavy atom. The molecule has 1 N–H and O–H groups in total. The monoisotopic (exact) mass is 350 g/mol. The molecule has 128 valence electrons. The molecule has 0 bridgehead atoms. The van der Waals surface area contributed by atoms with Crippen LogP contribution in [0.15, 0.2) is 42.5 Å². The fraction of sp³-hybridized carbons (Fsp3) is 0.278. The summed E-state index contributed by atoms with van der Waals surface area (Å²) in [5.41, 5.74) is 1.51. The summed E-state index contributed by atoms with van der Waals surface area (Å²) in [4.78, 5) is 14.3. The Balaban J connectivity index is 1.99. The van der Waals surface area contributed by atoms with E-state index in [9.17, 15) is 9.18 Å². The van der Waals surface area contributed by atoms with Crippen LogP contribution in [-0.4, -0.2) is 31.0 Å². The largest absolute Gasteiger partial charge is 0.497 e. The molecule has 0 fully saturated rings. The van der Waals surface area contributed by atoms with E-state index < -0.39 is 5.82 Å². The van der Waals surface area contributed by atoms with Crippen molar-refractivity contribution in [2.24, 2.45) is 0 Å². The van der Waals surface area contributed by atoms with Gasteiger partial charge in [0.25, 0.3) is 0 Å². The van der Waals surface area contributed by atoms with Crippen LogP contribution in [0.1, 0.15) is 12.5 Å². The number of rotatable bonds is 6. The maximum atomic E-state index is 13.2. The van der Waals surface area contributed by atoms with E-state index in [0.29, 0.717) is 12.2 Å². The SMILES string of the molecule is COc1cccc(CN(C)C(C)C(=O)Nc2ccc(F)c(Cl)c2)c1. The van der Waals surface area contributed by atoms with Gasteiger partial charge in [0.1, 0.15) is 11.6 Å². The van der Waals surface area contributed by atoms with Gasteiger partial charge in [0, 0.05) is 12.2 Å². The zero-order valence-electron chi connectivity index (χ0n) is 13.8. The zero-order valence-corrected chi connectivity index (χ0v) is 14.6. The molecule has 0 saturated heterocycles. The molecule has 24 heavy (non-hydrogen) atoms. The normalized spacial score (nSPS) is 12.1. The minimum Gasteiger partial charge on any atom is -0.497 e. The van der Waals surface area contributed by atoms with Gasteiger partial charge < -0.3 is 10.1 Å². The molecule has 0 heterocycles. The first-order valence-electron chi connectivity index (χ1n) is 7.50. The van der Waals surface area contributed by atoms with E-state index in [-0.39, 0.29) is 17.0 Å². The van der Waals surface area contributed by atoms with Gasteiger partial charge in [0.15, 0.2) is 0 Å². The highest BCUT2D eigenvalue weighted by Crippen LogP contribution is 2.20. The van der Waals surface area contributed by atoms with Crippen LogP contribution in [0.25, 0.3) is 0 Å². The maximum absolute atomic E-state index is 13.2. The summed E-state index contributed by atoms with van der Waals surface area (Å²) >= 11 is 5.73. The molecule has 2 aromatic carbocycles. The highest BCUT2D eigenvalue weighted by atomic mass is 35.5. The summed E-state index contributed by atoms with van der Waals surface area (Å²) in [6.45, 7) is 2.40. The summed E-state index contributed by atoms with van der Waals surface area (Å²) in [5.74, 6) is 0.0693. The Labute approximate surface area is 146 Å². The third kappa shape index (κ3) is 4.69. The molecule has 2 aromatic rings. The molecule has 4 nitrogen and oxygen atoms in total. The number of carbonyl (C=O) groups is 1. The van der Waals surface area contributed by atoms with Crippen molar-refractivity contribution in [2.75, 3.05) is 19.5 Å². The highest BCUT2D eigenvalue weighted by molar-refractivity contribution is 6.31. The van der Waals surface area contributed by atoms with E-state index in [4.69, 9.17) is 16.3 Å². The van der Waals surface area contributed by atoms with Gasteiger partial charge in [-0.2, -0.15) is 0 Å². The van der Waals surface area contributed by atoms with Crippen LogP contribution in [0.3, 0.4) is 0 Å². The van der Waals surface area contributed by atoms with Crippen molar-refractivity contribution in [1.82, 2.24) is 4.90 Å². The second-order valence-corrected chi connectivity index (χ2v) is 5.97. The molecular weight excluding hydrogens is 331 g/mol. The van der Waals surface area contributed by atoms with Crippen LogP contribution in [0.5, 0.6) is 5.75 Å². The average molecular weight is 351 g/mol. The predicted molar refractivity (Wildman–Crippen MR) is 94.0 cm³/mol. The van der Waals surface area contributed by atoms with E-state index in [1.165, 1.54) is 18.2 Å². The van der Waals surface area contributed by atoms with Crippen molar-refractivity contribution in [3.8, 4) is 5.75 Å². The smallest absolute Gasteiger partial charge is 0.241 e. The number of ether oxygens (including phenoxy) is 1. The summed E-state index contributed by atoms with van der Waals surface area (Å²) in [5, 5.41) is 2.72. The van der Waals surface area contributed by atoms with Crippen LogP contribution in [0, 0.1) is 5.82 Å². The van der Waals surface area contributed by atoms with Crippen LogP contribution >= 0.6 is 11.6 Å². The maximum Gasteiger partial charge on any atom is 0.241 e. The molecule has 2 rings (SSSR count). The lowest BCUT2D eigenvalue weighted by atomic mass is 10.1.